The van der Waals surface area contributed by atoms with E-state index in [1.165, 1.54) is 23.3 Å². The van der Waals surface area contributed by atoms with Gasteiger partial charge < -0.3 is 10.3 Å². The average Bonchev–Trinajstić information content (AvgIpc) is 3.13. The van der Waals surface area contributed by atoms with Gasteiger partial charge in [0.1, 0.15) is 5.82 Å². The van der Waals surface area contributed by atoms with E-state index in [-0.39, 0.29) is 22.3 Å². The Kier molecular flexibility index (Phi) is 4.13. The maximum Gasteiger partial charge on any atom is 0.276 e. The number of nitrogens with one attached hydrogen (secondary N) is 2. The van der Waals surface area contributed by atoms with Crippen molar-refractivity contribution in [3.63, 3.8) is 0 Å². The fourth-order valence-electron chi connectivity index (χ4n) is 2.56. The molecule has 10 heteroatoms. The van der Waals surface area contributed by atoms with Gasteiger partial charge in [0.05, 0.1) is 39.8 Å². The zero-order valence-electron chi connectivity index (χ0n) is 13.5. The maximum atomic E-state index is 14.3. The van der Waals surface area contributed by atoms with Gasteiger partial charge in [0.15, 0.2) is 5.69 Å². The Morgan fingerprint density at radius 2 is 2.07 bits per heavy atom. The third kappa shape index (κ3) is 3.04. The molecule has 0 unspecified atom stereocenters. The highest BCUT2D eigenvalue weighted by Gasteiger charge is 2.18. The summed E-state index contributed by atoms with van der Waals surface area (Å²) in [5.74, 6) is -1.40. The van der Waals surface area contributed by atoms with Crippen LogP contribution in [0.15, 0.2) is 53.7 Å². The van der Waals surface area contributed by atoms with Crippen molar-refractivity contribution in [2.24, 2.45) is 0 Å². The number of aromatic nitrogens is 5. The van der Waals surface area contributed by atoms with E-state index in [1.807, 2.05) is 0 Å². The van der Waals surface area contributed by atoms with Crippen LogP contribution in [0.5, 0.6) is 0 Å². The first-order valence-electron chi connectivity index (χ1n) is 7.68. The van der Waals surface area contributed by atoms with Crippen molar-refractivity contribution < 1.29 is 9.18 Å². The van der Waals surface area contributed by atoms with Crippen LogP contribution in [0, 0.1) is 5.82 Å². The van der Waals surface area contributed by atoms with Gasteiger partial charge in [0.25, 0.3) is 11.5 Å². The maximum absolute atomic E-state index is 14.3. The van der Waals surface area contributed by atoms with Crippen LogP contribution in [-0.4, -0.2) is 30.9 Å². The van der Waals surface area contributed by atoms with Crippen LogP contribution in [0.2, 0.25) is 5.02 Å². The van der Waals surface area contributed by atoms with Crippen molar-refractivity contribution >= 4 is 34.1 Å². The van der Waals surface area contributed by atoms with Crippen molar-refractivity contribution in [2.75, 3.05) is 5.32 Å². The molecule has 0 fully saturated rings. The summed E-state index contributed by atoms with van der Waals surface area (Å²) in [5.41, 5.74) is 0.0531. The molecule has 0 radical (unpaired) electrons. The van der Waals surface area contributed by atoms with Crippen LogP contribution in [0.25, 0.3) is 16.6 Å². The van der Waals surface area contributed by atoms with Crippen LogP contribution < -0.4 is 10.9 Å². The first-order valence-corrected chi connectivity index (χ1v) is 8.06. The SMILES string of the molecule is O=C(Nc1cc2c(=O)[nH]cnc2cc1F)c1cnnn1-c1ccccc1Cl. The number of H-pyrrole nitrogens is 1. The summed E-state index contributed by atoms with van der Waals surface area (Å²) in [6.07, 6.45) is 2.40. The number of nitrogens with zero attached hydrogens (tertiary/aromatic N) is 4. The van der Waals surface area contributed by atoms with Gasteiger partial charge in [-0.2, -0.15) is 0 Å². The lowest BCUT2D eigenvalue weighted by Gasteiger charge is -2.09. The smallest absolute Gasteiger partial charge is 0.276 e. The number of benzene rings is 2. The number of hydrogen-bond donors (Lipinski definition) is 2. The molecule has 2 aromatic heterocycles. The molecule has 0 saturated carbocycles. The number of amides is 1. The highest BCUT2D eigenvalue weighted by atomic mass is 35.5. The lowest BCUT2D eigenvalue weighted by atomic mass is 10.2. The van der Waals surface area contributed by atoms with Gasteiger partial charge in [-0.15, -0.1) is 5.10 Å². The van der Waals surface area contributed by atoms with E-state index in [0.29, 0.717) is 10.7 Å². The molecule has 0 aliphatic carbocycles. The van der Waals surface area contributed by atoms with Crippen molar-refractivity contribution in [3.8, 4) is 5.69 Å². The van der Waals surface area contributed by atoms with Gasteiger partial charge in [0, 0.05) is 6.07 Å². The highest BCUT2D eigenvalue weighted by molar-refractivity contribution is 6.32. The number of anilines is 1. The molecule has 27 heavy (non-hydrogen) atoms. The average molecular weight is 385 g/mol. The van der Waals surface area contributed by atoms with Crippen LogP contribution in [0.1, 0.15) is 10.5 Å². The number of carbonyl (C=O) groups is 1. The van der Waals surface area contributed by atoms with E-state index < -0.39 is 17.3 Å². The summed E-state index contributed by atoms with van der Waals surface area (Å²) >= 11 is 6.14. The second-order valence-electron chi connectivity index (χ2n) is 5.52. The lowest BCUT2D eigenvalue weighted by Crippen LogP contribution is -2.18. The molecular weight excluding hydrogens is 375 g/mol. The summed E-state index contributed by atoms with van der Waals surface area (Å²) in [6.45, 7) is 0. The molecule has 0 spiro atoms. The third-order valence-corrected chi connectivity index (χ3v) is 4.16. The number of hydrogen-bond acceptors (Lipinski definition) is 5. The molecule has 0 aliphatic rings. The van der Waals surface area contributed by atoms with Crippen molar-refractivity contribution in [1.29, 1.82) is 0 Å². The summed E-state index contributed by atoms with van der Waals surface area (Å²) < 4.78 is 15.6. The number of para-hydroxylation sites is 1. The topological polar surface area (TPSA) is 106 Å². The second kappa shape index (κ2) is 6.61. The molecule has 2 aromatic carbocycles. The van der Waals surface area contributed by atoms with E-state index >= 15 is 0 Å². The standard InChI is InChI=1S/C17H10ClFN6O2/c18-10-3-1-2-4-14(10)25-15(7-22-24-25)17(27)23-13-5-9-12(6-11(13)19)20-8-21-16(9)26/h1-8H,(H,23,27)(H,20,21,26). The molecule has 4 rings (SSSR count). The molecule has 2 N–H and O–H groups in total. The van der Waals surface area contributed by atoms with Gasteiger partial charge in [0.2, 0.25) is 0 Å². The summed E-state index contributed by atoms with van der Waals surface area (Å²) in [4.78, 5) is 30.8. The van der Waals surface area contributed by atoms with Gasteiger partial charge in [-0.05, 0) is 18.2 Å². The minimum Gasteiger partial charge on any atom is -0.318 e. The van der Waals surface area contributed by atoms with Gasteiger partial charge in [-0.25, -0.2) is 14.1 Å². The van der Waals surface area contributed by atoms with Crippen LogP contribution in [0.3, 0.4) is 0 Å². The minimum atomic E-state index is -0.731. The first kappa shape index (κ1) is 16.9. The van der Waals surface area contributed by atoms with Crippen LogP contribution in [-0.2, 0) is 0 Å². The number of halogens is 2. The molecule has 8 nitrogen and oxygen atoms in total. The monoisotopic (exact) mass is 384 g/mol. The Morgan fingerprint density at radius 3 is 2.89 bits per heavy atom. The lowest BCUT2D eigenvalue weighted by molar-refractivity contribution is 0.101. The summed E-state index contributed by atoms with van der Waals surface area (Å²) in [5, 5.41) is 10.5. The summed E-state index contributed by atoms with van der Waals surface area (Å²) in [6, 6.07) is 9.06. The van der Waals surface area contributed by atoms with Gasteiger partial charge in [-0.3, -0.25) is 9.59 Å². The van der Waals surface area contributed by atoms with E-state index in [4.69, 9.17) is 11.6 Å². The normalized spacial score (nSPS) is 10.9. The summed E-state index contributed by atoms with van der Waals surface area (Å²) in [7, 11) is 0. The molecule has 2 heterocycles. The Balaban J connectivity index is 1.72. The Bertz CT molecular complexity index is 1240. The molecule has 0 aliphatic heterocycles. The van der Waals surface area contributed by atoms with Gasteiger partial charge in [-0.1, -0.05) is 28.9 Å². The van der Waals surface area contributed by atoms with E-state index in [2.05, 4.69) is 25.6 Å². The predicted octanol–water partition coefficient (Wildman–Crippen LogP) is 2.55. The number of rotatable bonds is 3. The van der Waals surface area contributed by atoms with E-state index in [1.54, 1.807) is 24.3 Å². The zero-order valence-corrected chi connectivity index (χ0v) is 14.2. The third-order valence-electron chi connectivity index (χ3n) is 3.84. The quantitative estimate of drug-likeness (QED) is 0.564. The minimum absolute atomic E-state index is 0.0442. The second-order valence-corrected chi connectivity index (χ2v) is 5.92. The fourth-order valence-corrected chi connectivity index (χ4v) is 2.78. The number of fused-ring (bicyclic) bond motifs is 1. The zero-order chi connectivity index (χ0) is 19.0. The van der Waals surface area contributed by atoms with Crippen molar-refractivity contribution in [3.05, 3.63) is 75.8 Å². The van der Waals surface area contributed by atoms with E-state index in [9.17, 15) is 14.0 Å². The molecule has 134 valence electrons. The Morgan fingerprint density at radius 1 is 1.26 bits per heavy atom. The predicted molar refractivity (Wildman–Crippen MR) is 96.6 cm³/mol. The molecule has 4 aromatic rings. The Hall–Kier alpha value is -3.59. The highest BCUT2D eigenvalue weighted by Crippen LogP contribution is 2.22. The molecule has 1 amide bonds. The largest absolute Gasteiger partial charge is 0.318 e. The molecule has 0 saturated heterocycles. The number of carbonyl (C=O) groups excluding carboxylic acids is 1. The van der Waals surface area contributed by atoms with E-state index in [0.717, 1.165) is 6.07 Å². The molecular formula is C17H10ClFN6O2. The van der Waals surface area contributed by atoms with Crippen molar-refractivity contribution in [1.82, 2.24) is 25.0 Å². The molecule has 0 atom stereocenters. The first-order chi connectivity index (χ1) is 13.0. The molecule has 0 bridgehead atoms. The Labute approximate surface area is 155 Å². The van der Waals surface area contributed by atoms with Gasteiger partial charge >= 0.3 is 0 Å². The fraction of sp³-hybridized carbons (Fsp3) is 0. The number of aromatic amines is 1. The van der Waals surface area contributed by atoms with Crippen molar-refractivity contribution in [2.45, 2.75) is 0 Å². The van der Waals surface area contributed by atoms with Crippen LogP contribution in [0.4, 0.5) is 10.1 Å². The van der Waals surface area contributed by atoms with Crippen LogP contribution >= 0.6 is 11.6 Å².